The molecule has 0 bridgehead atoms. The van der Waals surface area contributed by atoms with Gasteiger partial charge in [-0.3, -0.25) is 0 Å². The number of hydrogen-bond donors (Lipinski definition) is 2. The lowest BCUT2D eigenvalue weighted by molar-refractivity contribution is 0.499. The summed E-state index contributed by atoms with van der Waals surface area (Å²) in [7, 11) is 0. The van der Waals surface area contributed by atoms with Gasteiger partial charge in [0.25, 0.3) is 0 Å². The van der Waals surface area contributed by atoms with E-state index in [0.717, 1.165) is 22.1 Å². The minimum atomic E-state index is -0.756. The second-order valence-corrected chi connectivity index (χ2v) is 11.7. The van der Waals surface area contributed by atoms with Gasteiger partial charge in [0.2, 0.25) is 0 Å². The summed E-state index contributed by atoms with van der Waals surface area (Å²) in [5, 5.41) is 5.09. The minimum Gasteiger partial charge on any atom is -0.398 e. The van der Waals surface area contributed by atoms with E-state index in [9.17, 15) is 38.4 Å². The summed E-state index contributed by atoms with van der Waals surface area (Å²) >= 11 is 0. The molecule has 0 saturated carbocycles. The zero-order valence-electron chi connectivity index (χ0n) is 26.1. The highest BCUT2D eigenvalue weighted by Crippen LogP contribution is 2.27. The van der Waals surface area contributed by atoms with E-state index in [2.05, 4.69) is 17.7 Å². The molecule has 4 heterocycles. The molecular weight excluding hydrogens is 676 g/mol. The summed E-state index contributed by atoms with van der Waals surface area (Å²) in [6.45, 7) is 0. The fraction of sp³-hybridized carbons (Fsp3) is 0. The Kier molecular flexibility index (Phi) is 6.92. The van der Waals surface area contributed by atoms with Crippen LogP contribution >= 0.6 is 0 Å². The third-order valence-corrected chi connectivity index (χ3v) is 8.77. The van der Waals surface area contributed by atoms with E-state index in [1.54, 1.807) is 0 Å². The molecule has 0 unspecified atom stereocenters. The maximum Gasteiger partial charge on any atom is 0.347 e. The quantitative estimate of drug-likeness (QED) is 0.217. The van der Waals surface area contributed by atoms with E-state index in [0.29, 0.717) is 21.5 Å². The van der Waals surface area contributed by atoms with Crippen molar-refractivity contribution < 1.29 is 17.7 Å². The van der Waals surface area contributed by atoms with E-state index in [4.69, 9.17) is 11.5 Å². The van der Waals surface area contributed by atoms with Crippen molar-refractivity contribution in [3.05, 3.63) is 168 Å². The number of hydrogen-bond acceptors (Lipinski definition) is 14. The standard InChI is InChI=1S/2C14H4O6.C10H10N2/c15-11-7-1-5-2-9-10(14(18)20-13(9)17)4-6(5)3-8(7)12(16)19-11;15-11-7-3-1-5-6(10(7)14(18)19-11)2-4-8-9(5)13(17)20-12(8)16;11-9-5-1-3-7-8(9)4-2-6-10(7)12/h2*1-4H;1-6H,11-12H2. The third-order valence-electron chi connectivity index (χ3n) is 8.77. The summed E-state index contributed by atoms with van der Waals surface area (Å²) in [5.74, 6) is 0. The number of rotatable bonds is 0. The Hall–Kier alpha value is -7.74. The highest BCUT2D eigenvalue weighted by atomic mass is 16.4. The van der Waals surface area contributed by atoms with Gasteiger partial charge < -0.3 is 29.1 Å². The number of nitrogen functional groups attached to an aromatic ring is 2. The second kappa shape index (κ2) is 11.4. The van der Waals surface area contributed by atoms with Crippen molar-refractivity contribution in [2.75, 3.05) is 11.5 Å². The first-order valence-corrected chi connectivity index (χ1v) is 15.2. The zero-order chi connectivity index (χ0) is 36.6. The van der Waals surface area contributed by atoms with Crippen molar-refractivity contribution in [1.82, 2.24) is 0 Å². The predicted molar refractivity (Wildman–Crippen MR) is 195 cm³/mol. The first-order chi connectivity index (χ1) is 24.9. The molecule has 52 heavy (non-hydrogen) atoms. The molecule has 0 aliphatic rings. The number of fused-ring (bicyclic) bond motifs is 9. The molecule has 4 N–H and O–H groups in total. The van der Waals surface area contributed by atoms with Gasteiger partial charge in [0, 0.05) is 22.1 Å². The average Bonchev–Trinajstić information content (AvgIpc) is 3.78. The topological polar surface area (TPSA) is 241 Å². The van der Waals surface area contributed by atoms with Gasteiger partial charge in [-0.25, -0.2) is 38.4 Å². The van der Waals surface area contributed by atoms with Gasteiger partial charge in [-0.05, 0) is 70.1 Å². The monoisotopic (exact) mass is 694 g/mol. The molecule has 10 aromatic rings. The van der Waals surface area contributed by atoms with Crippen LogP contribution in [-0.2, 0) is 0 Å². The van der Waals surface area contributed by atoms with Crippen LogP contribution in [0, 0.1) is 0 Å². The lowest BCUT2D eigenvalue weighted by Gasteiger charge is -2.03. The number of benzene rings is 6. The summed E-state index contributed by atoms with van der Waals surface area (Å²) in [6.07, 6.45) is 0. The maximum atomic E-state index is 11.7. The Morgan fingerprint density at radius 3 is 0.942 bits per heavy atom. The van der Waals surface area contributed by atoms with E-state index in [1.807, 2.05) is 36.4 Å². The largest absolute Gasteiger partial charge is 0.398 e. The Balaban J connectivity index is 0.000000116. The summed E-state index contributed by atoms with van der Waals surface area (Å²) in [6, 6.07) is 23.2. The van der Waals surface area contributed by atoms with E-state index in [-0.39, 0.29) is 43.1 Å². The molecule has 0 aliphatic carbocycles. The van der Waals surface area contributed by atoms with Gasteiger partial charge >= 0.3 is 45.0 Å². The second-order valence-electron chi connectivity index (χ2n) is 11.7. The van der Waals surface area contributed by atoms with Crippen LogP contribution in [0.5, 0.6) is 0 Å². The van der Waals surface area contributed by atoms with Crippen LogP contribution in [0.25, 0.3) is 75.4 Å². The van der Waals surface area contributed by atoms with Gasteiger partial charge in [0.15, 0.2) is 0 Å². The van der Waals surface area contributed by atoms with Crippen LogP contribution in [0.3, 0.4) is 0 Å². The van der Waals surface area contributed by atoms with Crippen molar-refractivity contribution in [2.24, 2.45) is 0 Å². The first kappa shape index (κ1) is 31.5. The molecule has 0 spiro atoms. The smallest absolute Gasteiger partial charge is 0.347 e. The highest BCUT2D eigenvalue weighted by molar-refractivity contribution is 6.16. The molecule has 252 valence electrons. The lowest BCUT2D eigenvalue weighted by atomic mass is 10.0. The molecule has 10 rings (SSSR count). The van der Waals surface area contributed by atoms with Crippen LogP contribution in [0.15, 0.2) is 141 Å². The Morgan fingerprint density at radius 1 is 0.308 bits per heavy atom. The van der Waals surface area contributed by atoms with Crippen molar-refractivity contribution >= 4 is 86.8 Å². The Labute approximate surface area is 283 Å². The minimum absolute atomic E-state index is 0.113. The third kappa shape index (κ3) is 4.81. The lowest BCUT2D eigenvalue weighted by Crippen LogP contribution is -1.95. The molecule has 0 fully saturated rings. The number of furan rings is 4. The molecule has 0 aliphatic heterocycles. The molecule has 0 amide bonds. The summed E-state index contributed by atoms with van der Waals surface area (Å²) in [4.78, 5) is 92.3. The maximum absolute atomic E-state index is 11.7. The van der Waals surface area contributed by atoms with Crippen LogP contribution < -0.4 is 56.5 Å². The SMILES string of the molecule is Nc1cccc2c(N)cccc12.O=c1oc(=O)c2c1ccc1c2ccc2c(=O)oc(=O)c21.O=c1oc(=O)c2cc3cc4c(=O)oc(=O)c4cc3cc12. The van der Waals surface area contributed by atoms with E-state index < -0.39 is 45.0 Å². The highest BCUT2D eigenvalue weighted by Gasteiger charge is 2.18. The predicted octanol–water partition coefficient (Wildman–Crippen LogP) is 3.30. The van der Waals surface area contributed by atoms with Crippen molar-refractivity contribution in [2.45, 2.75) is 0 Å². The van der Waals surface area contributed by atoms with E-state index >= 15 is 0 Å². The van der Waals surface area contributed by atoms with Gasteiger partial charge in [0.1, 0.15) is 0 Å². The van der Waals surface area contributed by atoms with Crippen LogP contribution in [0.4, 0.5) is 11.4 Å². The average molecular weight is 695 g/mol. The van der Waals surface area contributed by atoms with Crippen molar-refractivity contribution in [3.8, 4) is 0 Å². The fourth-order valence-corrected chi connectivity index (χ4v) is 6.34. The van der Waals surface area contributed by atoms with E-state index in [1.165, 1.54) is 48.5 Å². The first-order valence-electron chi connectivity index (χ1n) is 15.2. The van der Waals surface area contributed by atoms with Crippen molar-refractivity contribution in [1.29, 1.82) is 0 Å². The van der Waals surface area contributed by atoms with Gasteiger partial charge in [-0.1, -0.05) is 36.4 Å². The van der Waals surface area contributed by atoms with Crippen molar-refractivity contribution in [3.63, 3.8) is 0 Å². The molecule has 0 atom stereocenters. The molecule has 14 nitrogen and oxygen atoms in total. The van der Waals surface area contributed by atoms with Gasteiger partial charge in [0.05, 0.1) is 43.1 Å². The normalized spacial score (nSPS) is 11.5. The number of nitrogens with two attached hydrogens (primary N) is 2. The van der Waals surface area contributed by atoms with Gasteiger partial charge in [-0.15, -0.1) is 0 Å². The van der Waals surface area contributed by atoms with Crippen LogP contribution in [0.1, 0.15) is 0 Å². The molecule has 14 heteroatoms. The summed E-state index contributed by atoms with van der Waals surface area (Å²) < 4.78 is 18.1. The molecule has 0 radical (unpaired) electrons. The molecule has 0 saturated heterocycles. The zero-order valence-corrected chi connectivity index (χ0v) is 26.1. The Bertz CT molecular complexity index is 3220. The van der Waals surface area contributed by atoms with Crippen LogP contribution in [-0.4, -0.2) is 0 Å². The van der Waals surface area contributed by atoms with Gasteiger partial charge in [-0.2, -0.15) is 0 Å². The number of anilines is 2. The van der Waals surface area contributed by atoms with Crippen LogP contribution in [0.2, 0.25) is 0 Å². The molecule has 4 aromatic heterocycles. The Morgan fingerprint density at radius 2 is 0.596 bits per heavy atom. The molecule has 6 aromatic carbocycles. The summed E-state index contributed by atoms with van der Waals surface area (Å²) in [5.41, 5.74) is 7.28. The molecular formula is C38H18N2O12. The fourth-order valence-electron chi connectivity index (χ4n) is 6.34.